The number of hydrogen-bond acceptors (Lipinski definition) is 3. The average Bonchev–Trinajstić information content (AvgIpc) is 2.43. The molecule has 0 aliphatic heterocycles. The fourth-order valence-electron chi connectivity index (χ4n) is 1.71. The van der Waals surface area contributed by atoms with Crippen LogP contribution in [0.15, 0.2) is 35.5 Å². The molecule has 0 saturated heterocycles. The molecule has 0 aliphatic carbocycles. The van der Waals surface area contributed by atoms with Gasteiger partial charge < -0.3 is 4.74 Å². The normalized spacial score (nSPS) is 12.6. The van der Waals surface area contributed by atoms with Gasteiger partial charge in [-0.25, -0.2) is 4.98 Å². The molecule has 0 N–H and O–H groups in total. The van der Waals surface area contributed by atoms with Crippen LogP contribution in [0.2, 0.25) is 0 Å². The third kappa shape index (κ3) is 2.90. The minimum Gasteiger partial charge on any atom is -0.496 e. The average molecular weight is 282 g/mol. The van der Waals surface area contributed by atoms with Gasteiger partial charge in [-0.1, -0.05) is 19.1 Å². The maximum atomic E-state index is 5.83. The maximum Gasteiger partial charge on any atom is 0.126 e. The first-order valence-electron chi connectivity index (χ1n) is 5.86. The number of alkyl halides is 1. The molecule has 2 nitrogen and oxygen atoms in total. The number of rotatable bonds is 5. The van der Waals surface area contributed by atoms with E-state index in [1.165, 1.54) is 0 Å². The molecule has 96 valence electrons. The van der Waals surface area contributed by atoms with E-state index < -0.39 is 0 Å². The van der Waals surface area contributed by atoms with E-state index in [9.17, 15) is 0 Å². The van der Waals surface area contributed by atoms with Crippen LogP contribution >= 0.6 is 23.4 Å². The van der Waals surface area contributed by atoms with Crippen molar-refractivity contribution in [2.45, 2.75) is 11.9 Å². The van der Waals surface area contributed by atoms with Crippen molar-refractivity contribution in [1.29, 1.82) is 0 Å². The SMILES string of the molecule is COc1cccc2c(SCC(C)CCl)nccc12. The van der Waals surface area contributed by atoms with Crippen molar-refractivity contribution in [3.05, 3.63) is 30.5 Å². The number of ether oxygens (including phenoxy) is 1. The van der Waals surface area contributed by atoms with Crippen LogP contribution in [0, 0.1) is 5.92 Å². The smallest absolute Gasteiger partial charge is 0.126 e. The Morgan fingerprint density at radius 2 is 2.17 bits per heavy atom. The summed E-state index contributed by atoms with van der Waals surface area (Å²) in [5.74, 6) is 3.04. The summed E-state index contributed by atoms with van der Waals surface area (Å²) < 4.78 is 5.37. The van der Waals surface area contributed by atoms with E-state index in [0.29, 0.717) is 11.8 Å². The van der Waals surface area contributed by atoms with Crippen LogP contribution in [0.25, 0.3) is 10.8 Å². The highest BCUT2D eigenvalue weighted by Crippen LogP contribution is 2.32. The van der Waals surface area contributed by atoms with Gasteiger partial charge in [-0.2, -0.15) is 0 Å². The molecule has 0 saturated carbocycles. The van der Waals surface area contributed by atoms with Crippen LogP contribution in [0.1, 0.15) is 6.92 Å². The molecule has 1 heterocycles. The molecular formula is C14H16ClNOS. The van der Waals surface area contributed by atoms with Crippen molar-refractivity contribution in [3.63, 3.8) is 0 Å². The first kappa shape index (κ1) is 13.5. The summed E-state index contributed by atoms with van der Waals surface area (Å²) in [5, 5.41) is 3.29. The van der Waals surface area contributed by atoms with Crippen molar-refractivity contribution < 1.29 is 4.74 Å². The highest BCUT2D eigenvalue weighted by molar-refractivity contribution is 7.99. The third-order valence-corrected chi connectivity index (χ3v) is 4.58. The van der Waals surface area contributed by atoms with E-state index >= 15 is 0 Å². The van der Waals surface area contributed by atoms with E-state index in [0.717, 1.165) is 27.3 Å². The van der Waals surface area contributed by atoms with Gasteiger partial charge in [-0.05, 0) is 18.1 Å². The van der Waals surface area contributed by atoms with E-state index in [1.807, 2.05) is 24.4 Å². The maximum absolute atomic E-state index is 5.83. The summed E-state index contributed by atoms with van der Waals surface area (Å²) in [4.78, 5) is 4.45. The van der Waals surface area contributed by atoms with E-state index in [1.54, 1.807) is 18.9 Å². The molecule has 1 atom stereocenters. The van der Waals surface area contributed by atoms with Gasteiger partial charge in [0.15, 0.2) is 0 Å². The number of thioether (sulfide) groups is 1. The van der Waals surface area contributed by atoms with Gasteiger partial charge in [-0.15, -0.1) is 23.4 Å². The highest BCUT2D eigenvalue weighted by atomic mass is 35.5. The van der Waals surface area contributed by atoms with Crippen molar-refractivity contribution in [2.75, 3.05) is 18.7 Å². The number of nitrogens with zero attached hydrogens (tertiary/aromatic N) is 1. The molecule has 0 aliphatic rings. The number of benzene rings is 1. The summed E-state index contributed by atoms with van der Waals surface area (Å²) in [7, 11) is 1.69. The minimum absolute atomic E-state index is 0.485. The fourth-order valence-corrected chi connectivity index (χ4v) is 2.98. The van der Waals surface area contributed by atoms with Crippen LogP contribution in [0.5, 0.6) is 5.75 Å². The van der Waals surface area contributed by atoms with Crippen molar-refractivity contribution in [2.24, 2.45) is 5.92 Å². The quantitative estimate of drug-likeness (QED) is 0.605. The Balaban J connectivity index is 2.34. The highest BCUT2D eigenvalue weighted by Gasteiger charge is 2.08. The van der Waals surface area contributed by atoms with Gasteiger partial charge >= 0.3 is 0 Å². The minimum atomic E-state index is 0.485. The van der Waals surface area contributed by atoms with Gasteiger partial charge in [-0.3, -0.25) is 0 Å². The summed E-state index contributed by atoms with van der Waals surface area (Å²) in [6.45, 7) is 2.14. The van der Waals surface area contributed by atoms with E-state index in [2.05, 4.69) is 18.0 Å². The molecule has 0 amide bonds. The molecular weight excluding hydrogens is 266 g/mol. The van der Waals surface area contributed by atoms with Gasteiger partial charge in [0.2, 0.25) is 0 Å². The molecule has 2 aromatic rings. The second-order valence-electron chi connectivity index (χ2n) is 4.24. The van der Waals surface area contributed by atoms with Crippen LogP contribution in [-0.4, -0.2) is 23.7 Å². The number of hydrogen-bond donors (Lipinski definition) is 0. The van der Waals surface area contributed by atoms with Crippen LogP contribution in [0.3, 0.4) is 0 Å². The summed E-state index contributed by atoms with van der Waals surface area (Å²) in [6.07, 6.45) is 1.83. The van der Waals surface area contributed by atoms with Gasteiger partial charge in [0.25, 0.3) is 0 Å². The van der Waals surface area contributed by atoms with E-state index in [-0.39, 0.29) is 0 Å². The lowest BCUT2D eigenvalue weighted by Gasteiger charge is -2.10. The van der Waals surface area contributed by atoms with Crippen LogP contribution in [-0.2, 0) is 0 Å². The Hall–Kier alpha value is -0.930. The van der Waals surface area contributed by atoms with E-state index in [4.69, 9.17) is 16.3 Å². The molecule has 2 rings (SSSR count). The number of halogens is 1. The Labute approximate surface area is 117 Å². The predicted molar refractivity (Wildman–Crippen MR) is 78.9 cm³/mol. The fraction of sp³-hybridized carbons (Fsp3) is 0.357. The molecule has 1 aromatic heterocycles. The number of fused-ring (bicyclic) bond motifs is 1. The molecule has 1 unspecified atom stereocenters. The second kappa shape index (κ2) is 6.30. The first-order chi connectivity index (χ1) is 8.76. The molecule has 1 aromatic carbocycles. The summed E-state index contributed by atoms with van der Waals surface area (Å²) in [6, 6.07) is 8.04. The zero-order valence-electron chi connectivity index (χ0n) is 10.5. The molecule has 0 bridgehead atoms. The van der Waals surface area contributed by atoms with Gasteiger partial charge in [0, 0.05) is 28.6 Å². The predicted octanol–water partition coefficient (Wildman–Crippen LogP) is 4.21. The lowest BCUT2D eigenvalue weighted by molar-refractivity contribution is 0.419. The topological polar surface area (TPSA) is 22.1 Å². The Bertz CT molecular complexity index is 532. The number of pyridine rings is 1. The lowest BCUT2D eigenvalue weighted by atomic mass is 10.1. The first-order valence-corrected chi connectivity index (χ1v) is 7.38. The zero-order valence-corrected chi connectivity index (χ0v) is 12.1. The standard InChI is InChI=1S/C14H16ClNOS/c1-10(8-15)9-18-14-12-4-3-5-13(17-2)11(12)6-7-16-14/h3-7,10H,8-9H2,1-2H3. The Morgan fingerprint density at radius 1 is 1.33 bits per heavy atom. The largest absolute Gasteiger partial charge is 0.496 e. The van der Waals surface area contributed by atoms with Crippen molar-refractivity contribution in [3.8, 4) is 5.75 Å². The molecule has 18 heavy (non-hydrogen) atoms. The van der Waals surface area contributed by atoms with Crippen LogP contribution < -0.4 is 4.74 Å². The van der Waals surface area contributed by atoms with Crippen molar-refractivity contribution >= 4 is 34.1 Å². The number of methoxy groups -OCH3 is 1. The molecule has 0 spiro atoms. The van der Waals surface area contributed by atoms with Crippen molar-refractivity contribution in [1.82, 2.24) is 4.98 Å². The monoisotopic (exact) mass is 281 g/mol. The molecule has 0 radical (unpaired) electrons. The second-order valence-corrected chi connectivity index (χ2v) is 5.56. The zero-order chi connectivity index (χ0) is 13.0. The third-order valence-electron chi connectivity index (χ3n) is 2.72. The molecule has 4 heteroatoms. The Kier molecular flexibility index (Phi) is 4.72. The Morgan fingerprint density at radius 3 is 2.89 bits per heavy atom. The van der Waals surface area contributed by atoms with Gasteiger partial charge in [0.1, 0.15) is 10.8 Å². The summed E-state index contributed by atoms with van der Waals surface area (Å²) >= 11 is 7.58. The number of aromatic nitrogens is 1. The molecule has 0 fully saturated rings. The van der Waals surface area contributed by atoms with Crippen LogP contribution in [0.4, 0.5) is 0 Å². The summed E-state index contributed by atoms with van der Waals surface area (Å²) in [5.41, 5.74) is 0. The van der Waals surface area contributed by atoms with Gasteiger partial charge in [0.05, 0.1) is 7.11 Å². The lowest BCUT2D eigenvalue weighted by Crippen LogP contribution is -1.99.